The summed E-state index contributed by atoms with van der Waals surface area (Å²) in [5, 5.41) is 0. The van der Waals surface area contributed by atoms with Crippen molar-refractivity contribution in [1.82, 2.24) is 4.98 Å². The van der Waals surface area contributed by atoms with E-state index in [9.17, 15) is 0 Å². The Balaban J connectivity index is 0.000000921. The number of rotatable bonds is 4. The quantitative estimate of drug-likeness (QED) is 0.714. The minimum Gasteiger partial charge on any atom is -0.361 e. The number of nitrogens with one attached hydrogen (secondary N) is 1. The Bertz CT molecular complexity index is 339. The van der Waals surface area contributed by atoms with Crippen molar-refractivity contribution in [2.24, 2.45) is 5.92 Å². The standard InChI is InChI=1S/C12H17N.C2H2/c1-5-11-10(7-9(3)4)8-13-12(11)6-2;1-2/h5-6,8-9,13H,1-2,7H2,3-4H3;1-2H. The number of terminal acetylenes is 1. The third-order valence-electron chi connectivity index (χ3n) is 2.07. The molecule has 1 N–H and O–H groups in total. The van der Waals surface area contributed by atoms with Gasteiger partial charge in [-0.15, -0.1) is 12.8 Å². The molecule has 0 radical (unpaired) electrons. The Hall–Kier alpha value is -1.68. The van der Waals surface area contributed by atoms with Crippen molar-refractivity contribution in [2.45, 2.75) is 20.3 Å². The second kappa shape index (κ2) is 6.73. The summed E-state index contributed by atoms with van der Waals surface area (Å²) < 4.78 is 0. The first-order valence-corrected chi connectivity index (χ1v) is 4.97. The first kappa shape index (κ1) is 13.3. The van der Waals surface area contributed by atoms with E-state index in [2.05, 4.69) is 44.8 Å². The third kappa shape index (κ3) is 3.52. The lowest BCUT2D eigenvalue weighted by Gasteiger charge is -2.03. The summed E-state index contributed by atoms with van der Waals surface area (Å²) in [5.41, 5.74) is 3.61. The van der Waals surface area contributed by atoms with Crippen LogP contribution in [-0.4, -0.2) is 4.98 Å². The monoisotopic (exact) mass is 201 g/mol. The van der Waals surface area contributed by atoms with Gasteiger partial charge in [0.2, 0.25) is 0 Å². The van der Waals surface area contributed by atoms with E-state index in [1.54, 1.807) is 0 Å². The second-order valence-electron chi connectivity index (χ2n) is 3.65. The minimum atomic E-state index is 0.673. The normalized spacial score (nSPS) is 9.13. The maximum absolute atomic E-state index is 4.00. The lowest BCUT2D eigenvalue weighted by atomic mass is 10.0. The van der Waals surface area contributed by atoms with Crippen molar-refractivity contribution in [3.05, 3.63) is 36.2 Å². The molecule has 0 aliphatic heterocycles. The van der Waals surface area contributed by atoms with E-state index in [-0.39, 0.29) is 0 Å². The summed E-state index contributed by atoms with van der Waals surface area (Å²) >= 11 is 0. The molecule has 0 aromatic carbocycles. The van der Waals surface area contributed by atoms with E-state index in [0.717, 1.165) is 12.1 Å². The Kier molecular flexibility index (Phi) is 5.97. The highest BCUT2D eigenvalue weighted by Crippen LogP contribution is 2.19. The first-order chi connectivity index (χ1) is 7.19. The van der Waals surface area contributed by atoms with Crippen LogP contribution in [0.5, 0.6) is 0 Å². The van der Waals surface area contributed by atoms with Crippen LogP contribution in [0.25, 0.3) is 12.2 Å². The van der Waals surface area contributed by atoms with Crippen molar-refractivity contribution in [3.63, 3.8) is 0 Å². The molecule has 1 heterocycles. The van der Waals surface area contributed by atoms with Crippen molar-refractivity contribution in [2.75, 3.05) is 0 Å². The lowest BCUT2D eigenvalue weighted by Crippen LogP contribution is -1.93. The van der Waals surface area contributed by atoms with Crippen LogP contribution in [0.4, 0.5) is 0 Å². The number of H-pyrrole nitrogens is 1. The van der Waals surface area contributed by atoms with Crippen LogP contribution in [-0.2, 0) is 6.42 Å². The summed E-state index contributed by atoms with van der Waals surface area (Å²) in [6.07, 6.45) is 14.9. The zero-order chi connectivity index (χ0) is 11.8. The lowest BCUT2D eigenvalue weighted by molar-refractivity contribution is 0.647. The highest BCUT2D eigenvalue weighted by Gasteiger charge is 2.06. The number of hydrogen-bond acceptors (Lipinski definition) is 0. The van der Waals surface area contributed by atoms with Crippen LogP contribution < -0.4 is 0 Å². The van der Waals surface area contributed by atoms with Crippen molar-refractivity contribution in [1.29, 1.82) is 0 Å². The first-order valence-electron chi connectivity index (χ1n) is 4.97. The molecule has 0 aliphatic rings. The highest BCUT2D eigenvalue weighted by molar-refractivity contribution is 5.64. The molecule has 1 nitrogen and oxygen atoms in total. The Morgan fingerprint density at radius 1 is 1.33 bits per heavy atom. The third-order valence-corrected chi connectivity index (χ3v) is 2.07. The molecule has 0 amide bonds. The van der Waals surface area contributed by atoms with Crippen molar-refractivity contribution >= 4 is 12.2 Å². The van der Waals surface area contributed by atoms with E-state index < -0.39 is 0 Å². The van der Waals surface area contributed by atoms with Gasteiger partial charge in [-0.2, -0.15) is 0 Å². The predicted octanol–water partition coefficient (Wildman–Crippen LogP) is 3.75. The smallest absolute Gasteiger partial charge is 0.0450 e. The molecule has 1 rings (SSSR count). The molecule has 15 heavy (non-hydrogen) atoms. The zero-order valence-electron chi connectivity index (χ0n) is 9.59. The van der Waals surface area contributed by atoms with E-state index in [4.69, 9.17) is 0 Å². The van der Waals surface area contributed by atoms with Gasteiger partial charge in [0, 0.05) is 17.5 Å². The van der Waals surface area contributed by atoms with Gasteiger partial charge in [-0.25, -0.2) is 0 Å². The molecule has 0 bridgehead atoms. The summed E-state index contributed by atoms with van der Waals surface area (Å²) in [6.45, 7) is 12.0. The molecule has 0 spiro atoms. The minimum absolute atomic E-state index is 0.673. The van der Waals surface area contributed by atoms with Crippen molar-refractivity contribution in [3.8, 4) is 12.8 Å². The average molecular weight is 201 g/mol. The molecule has 80 valence electrons. The van der Waals surface area contributed by atoms with Gasteiger partial charge in [0.15, 0.2) is 0 Å². The summed E-state index contributed by atoms with van der Waals surface area (Å²) in [4.78, 5) is 3.19. The maximum Gasteiger partial charge on any atom is 0.0450 e. The van der Waals surface area contributed by atoms with Gasteiger partial charge in [0.05, 0.1) is 0 Å². The number of hydrogen-bond donors (Lipinski definition) is 1. The van der Waals surface area contributed by atoms with E-state index in [1.807, 2.05) is 18.3 Å². The summed E-state index contributed by atoms with van der Waals surface area (Å²) in [5.74, 6) is 0.673. The number of aromatic nitrogens is 1. The molecule has 1 aromatic rings. The van der Waals surface area contributed by atoms with Gasteiger partial charge < -0.3 is 4.98 Å². The predicted molar refractivity (Wildman–Crippen MR) is 69.4 cm³/mol. The fourth-order valence-electron chi connectivity index (χ4n) is 1.51. The molecule has 1 heteroatoms. The molecule has 0 fully saturated rings. The Morgan fingerprint density at radius 3 is 2.33 bits per heavy atom. The summed E-state index contributed by atoms with van der Waals surface area (Å²) in [6, 6.07) is 0. The molecule has 0 atom stereocenters. The van der Waals surface area contributed by atoms with Gasteiger partial charge >= 0.3 is 0 Å². The van der Waals surface area contributed by atoms with Crippen LogP contribution in [0.2, 0.25) is 0 Å². The maximum atomic E-state index is 4.00. The van der Waals surface area contributed by atoms with Crippen LogP contribution in [0.1, 0.15) is 30.7 Å². The molecule has 0 saturated carbocycles. The van der Waals surface area contributed by atoms with Gasteiger partial charge in [0.25, 0.3) is 0 Å². The van der Waals surface area contributed by atoms with E-state index in [1.165, 1.54) is 11.1 Å². The summed E-state index contributed by atoms with van der Waals surface area (Å²) in [7, 11) is 0. The van der Waals surface area contributed by atoms with Gasteiger partial charge in [-0.3, -0.25) is 0 Å². The van der Waals surface area contributed by atoms with Gasteiger partial charge in [-0.05, 0) is 24.0 Å². The van der Waals surface area contributed by atoms with Crippen molar-refractivity contribution < 1.29 is 0 Å². The fraction of sp³-hybridized carbons (Fsp3) is 0.286. The van der Waals surface area contributed by atoms with Gasteiger partial charge in [0.1, 0.15) is 0 Å². The number of aromatic amines is 1. The van der Waals surface area contributed by atoms with Gasteiger partial charge in [-0.1, -0.05) is 33.1 Å². The topological polar surface area (TPSA) is 15.8 Å². The van der Waals surface area contributed by atoms with Crippen LogP contribution in [0, 0.1) is 18.8 Å². The zero-order valence-corrected chi connectivity index (χ0v) is 9.59. The Morgan fingerprint density at radius 2 is 1.93 bits per heavy atom. The molecular weight excluding hydrogens is 182 g/mol. The SMILES string of the molecule is C#C.C=Cc1[nH]cc(CC(C)C)c1C=C. The molecule has 0 unspecified atom stereocenters. The fourth-order valence-corrected chi connectivity index (χ4v) is 1.51. The molecule has 1 aromatic heterocycles. The van der Waals surface area contributed by atoms with E-state index in [0.29, 0.717) is 5.92 Å². The molecular formula is C14H19N. The average Bonchev–Trinajstić information content (AvgIpc) is 2.62. The van der Waals surface area contributed by atoms with Crippen LogP contribution >= 0.6 is 0 Å². The molecule has 0 saturated heterocycles. The van der Waals surface area contributed by atoms with Crippen LogP contribution in [0.15, 0.2) is 19.4 Å². The largest absolute Gasteiger partial charge is 0.361 e. The van der Waals surface area contributed by atoms with Crippen LogP contribution in [0.3, 0.4) is 0 Å². The molecule has 0 aliphatic carbocycles. The Labute approximate surface area is 92.9 Å². The highest BCUT2D eigenvalue weighted by atomic mass is 14.7. The second-order valence-corrected chi connectivity index (χ2v) is 3.65. The van der Waals surface area contributed by atoms with E-state index >= 15 is 0 Å².